The fourth-order valence-electron chi connectivity index (χ4n) is 3.85. The third-order valence-electron chi connectivity index (χ3n) is 5.31. The number of carbonyl (C=O) groups is 2. The molecule has 1 amide bonds. The number of piperidine rings is 1. The van der Waals surface area contributed by atoms with Gasteiger partial charge in [-0.25, -0.2) is 0 Å². The Labute approximate surface area is 141 Å². The number of likely N-dealkylation sites (tertiary alicyclic amines) is 1. The van der Waals surface area contributed by atoms with Crippen molar-refractivity contribution in [2.45, 2.75) is 39.0 Å². The number of benzene rings is 1. The monoisotopic (exact) mass is 328 g/mol. The molecule has 1 fully saturated rings. The SMILES string of the molecule is CC[C@]1(CC(=O)O)CCCN(C(=O)Cc2c[nH]c3ccccc23)C1. The zero-order valence-corrected chi connectivity index (χ0v) is 14.0. The minimum atomic E-state index is -0.775. The fraction of sp³-hybridized carbons (Fsp3) is 0.474. The second kappa shape index (κ2) is 6.67. The number of hydrogen-bond donors (Lipinski definition) is 2. The largest absolute Gasteiger partial charge is 0.481 e. The second-order valence-corrected chi connectivity index (χ2v) is 6.88. The predicted molar refractivity (Wildman–Crippen MR) is 92.8 cm³/mol. The van der Waals surface area contributed by atoms with Gasteiger partial charge in [0.05, 0.1) is 12.8 Å². The summed E-state index contributed by atoms with van der Waals surface area (Å²) >= 11 is 0. The summed E-state index contributed by atoms with van der Waals surface area (Å²) in [6.45, 7) is 3.30. The molecule has 0 saturated carbocycles. The third-order valence-corrected chi connectivity index (χ3v) is 5.31. The van der Waals surface area contributed by atoms with Crippen LogP contribution in [0.4, 0.5) is 0 Å². The summed E-state index contributed by atoms with van der Waals surface area (Å²) in [4.78, 5) is 29.0. The third kappa shape index (κ3) is 3.30. The van der Waals surface area contributed by atoms with E-state index in [1.807, 2.05) is 42.3 Å². The van der Waals surface area contributed by atoms with Crippen molar-refractivity contribution in [3.8, 4) is 0 Å². The number of carboxylic acid groups (broad SMARTS) is 1. The van der Waals surface area contributed by atoms with Crippen molar-refractivity contribution in [1.82, 2.24) is 9.88 Å². The molecule has 0 bridgehead atoms. The van der Waals surface area contributed by atoms with E-state index < -0.39 is 5.97 Å². The lowest BCUT2D eigenvalue weighted by molar-refractivity contribution is -0.144. The maximum Gasteiger partial charge on any atom is 0.303 e. The van der Waals surface area contributed by atoms with Crippen LogP contribution < -0.4 is 0 Å². The number of carbonyl (C=O) groups excluding carboxylic acids is 1. The molecule has 128 valence electrons. The van der Waals surface area contributed by atoms with E-state index in [1.165, 1.54) is 0 Å². The summed E-state index contributed by atoms with van der Waals surface area (Å²) < 4.78 is 0. The molecular weight excluding hydrogens is 304 g/mol. The highest BCUT2D eigenvalue weighted by Gasteiger charge is 2.37. The van der Waals surface area contributed by atoms with E-state index in [-0.39, 0.29) is 17.7 Å². The molecular formula is C19H24N2O3. The molecule has 24 heavy (non-hydrogen) atoms. The van der Waals surface area contributed by atoms with E-state index in [0.29, 0.717) is 13.0 Å². The standard InChI is InChI=1S/C19H24N2O3/c1-2-19(11-18(23)24)8-5-9-21(13-19)17(22)10-14-12-20-16-7-4-3-6-15(14)16/h3-4,6-7,12,20H,2,5,8-11,13H2,1H3,(H,23,24)/t19-/m1/s1. The molecule has 1 aliphatic heterocycles. The lowest BCUT2D eigenvalue weighted by atomic mass is 9.75. The summed E-state index contributed by atoms with van der Waals surface area (Å²) in [7, 11) is 0. The molecule has 1 aromatic heterocycles. The lowest BCUT2D eigenvalue weighted by Gasteiger charge is -2.41. The molecule has 5 heteroatoms. The molecule has 1 aliphatic rings. The van der Waals surface area contributed by atoms with Gasteiger partial charge >= 0.3 is 5.97 Å². The van der Waals surface area contributed by atoms with Crippen LogP contribution in [-0.2, 0) is 16.0 Å². The maximum atomic E-state index is 12.8. The lowest BCUT2D eigenvalue weighted by Crippen LogP contribution is -2.47. The van der Waals surface area contributed by atoms with Gasteiger partial charge in [-0.1, -0.05) is 25.1 Å². The highest BCUT2D eigenvalue weighted by atomic mass is 16.4. The Balaban J connectivity index is 1.73. The van der Waals surface area contributed by atoms with E-state index in [0.717, 1.165) is 42.3 Å². The van der Waals surface area contributed by atoms with Crippen molar-refractivity contribution in [3.63, 3.8) is 0 Å². The van der Waals surface area contributed by atoms with Crippen LogP contribution in [0.25, 0.3) is 10.9 Å². The number of rotatable bonds is 5. The zero-order chi connectivity index (χ0) is 17.2. The number of aromatic amines is 1. The van der Waals surface area contributed by atoms with Gasteiger partial charge in [0.25, 0.3) is 0 Å². The van der Waals surface area contributed by atoms with Crippen molar-refractivity contribution in [2.24, 2.45) is 5.41 Å². The highest BCUT2D eigenvalue weighted by molar-refractivity contribution is 5.89. The van der Waals surface area contributed by atoms with E-state index in [9.17, 15) is 14.7 Å². The number of para-hydroxylation sites is 1. The Kier molecular flexibility index (Phi) is 4.60. The number of H-pyrrole nitrogens is 1. The van der Waals surface area contributed by atoms with Crippen LogP contribution in [0.15, 0.2) is 30.5 Å². The molecule has 1 atom stereocenters. The van der Waals surface area contributed by atoms with E-state index in [4.69, 9.17) is 0 Å². The maximum absolute atomic E-state index is 12.8. The molecule has 3 rings (SSSR count). The molecule has 1 aromatic carbocycles. The number of aliphatic carboxylic acids is 1. The van der Waals surface area contributed by atoms with Crippen molar-refractivity contribution in [1.29, 1.82) is 0 Å². The van der Waals surface area contributed by atoms with Gasteiger partial charge in [-0.05, 0) is 36.3 Å². The predicted octanol–water partition coefficient (Wildman–Crippen LogP) is 3.20. The van der Waals surface area contributed by atoms with Gasteiger partial charge in [0.2, 0.25) is 5.91 Å². The molecule has 0 unspecified atom stereocenters. The van der Waals surface area contributed by atoms with Gasteiger partial charge in [0.1, 0.15) is 0 Å². The van der Waals surface area contributed by atoms with Gasteiger partial charge in [-0.3, -0.25) is 9.59 Å². The first-order valence-corrected chi connectivity index (χ1v) is 8.57. The number of nitrogens with zero attached hydrogens (tertiary/aromatic N) is 1. The Morgan fingerprint density at radius 2 is 2.12 bits per heavy atom. The summed E-state index contributed by atoms with van der Waals surface area (Å²) in [5, 5.41) is 10.3. The number of carboxylic acids is 1. The van der Waals surface area contributed by atoms with Gasteiger partial charge < -0.3 is 15.0 Å². The molecule has 0 spiro atoms. The van der Waals surface area contributed by atoms with Crippen molar-refractivity contribution < 1.29 is 14.7 Å². The van der Waals surface area contributed by atoms with Crippen LogP contribution in [0.3, 0.4) is 0 Å². The molecule has 5 nitrogen and oxygen atoms in total. The average Bonchev–Trinajstić information content (AvgIpc) is 2.97. The van der Waals surface area contributed by atoms with Crippen LogP contribution >= 0.6 is 0 Å². The smallest absolute Gasteiger partial charge is 0.303 e. The number of amides is 1. The first-order chi connectivity index (χ1) is 11.5. The van der Waals surface area contributed by atoms with E-state index in [2.05, 4.69) is 4.98 Å². The molecule has 1 saturated heterocycles. The summed E-state index contributed by atoms with van der Waals surface area (Å²) in [6.07, 6.45) is 4.94. The number of hydrogen-bond acceptors (Lipinski definition) is 2. The van der Waals surface area contributed by atoms with Crippen LogP contribution in [0.1, 0.15) is 38.2 Å². The number of nitrogens with one attached hydrogen (secondary N) is 1. The average molecular weight is 328 g/mol. The number of fused-ring (bicyclic) bond motifs is 1. The molecule has 2 N–H and O–H groups in total. The molecule has 0 radical (unpaired) electrons. The van der Waals surface area contributed by atoms with Gasteiger partial charge in [-0.15, -0.1) is 0 Å². The Morgan fingerprint density at radius 3 is 2.88 bits per heavy atom. The van der Waals surface area contributed by atoms with Gasteiger partial charge in [0.15, 0.2) is 0 Å². The molecule has 2 aromatic rings. The minimum absolute atomic E-state index is 0.0858. The molecule has 2 heterocycles. The van der Waals surface area contributed by atoms with Gasteiger partial charge in [0, 0.05) is 30.2 Å². The highest BCUT2D eigenvalue weighted by Crippen LogP contribution is 2.37. The van der Waals surface area contributed by atoms with Crippen LogP contribution in [0.5, 0.6) is 0 Å². The summed E-state index contributed by atoms with van der Waals surface area (Å²) in [6, 6.07) is 7.96. The quantitative estimate of drug-likeness (QED) is 0.885. The van der Waals surface area contributed by atoms with Crippen LogP contribution in [0.2, 0.25) is 0 Å². The molecule has 0 aliphatic carbocycles. The first-order valence-electron chi connectivity index (χ1n) is 8.57. The Bertz CT molecular complexity index is 752. The first kappa shape index (κ1) is 16.6. The van der Waals surface area contributed by atoms with E-state index >= 15 is 0 Å². The Morgan fingerprint density at radius 1 is 1.33 bits per heavy atom. The van der Waals surface area contributed by atoms with Crippen molar-refractivity contribution in [3.05, 3.63) is 36.0 Å². The van der Waals surface area contributed by atoms with Crippen molar-refractivity contribution in [2.75, 3.05) is 13.1 Å². The summed E-state index contributed by atoms with van der Waals surface area (Å²) in [5.74, 6) is -0.689. The van der Waals surface area contributed by atoms with Crippen molar-refractivity contribution >= 4 is 22.8 Å². The fourth-order valence-corrected chi connectivity index (χ4v) is 3.85. The zero-order valence-electron chi connectivity index (χ0n) is 14.0. The number of aromatic nitrogens is 1. The summed E-state index contributed by atoms with van der Waals surface area (Å²) in [5.41, 5.74) is 1.76. The van der Waals surface area contributed by atoms with E-state index in [1.54, 1.807) is 0 Å². The topological polar surface area (TPSA) is 73.4 Å². The Hall–Kier alpha value is -2.30. The minimum Gasteiger partial charge on any atom is -0.481 e. The normalized spacial score (nSPS) is 21.1. The second-order valence-electron chi connectivity index (χ2n) is 6.88. The van der Waals surface area contributed by atoms with Gasteiger partial charge in [-0.2, -0.15) is 0 Å². The van der Waals surface area contributed by atoms with Crippen LogP contribution in [-0.4, -0.2) is 40.0 Å². The van der Waals surface area contributed by atoms with Crippen LogP contribution in [0, 0.1) is 5.41 Å².